The Morgan fingerprint density at radius 2 is 2.18 bits per heavy atom. The standard InChI is InChI=1S/C15H15ClN4O2/c16-8-13-17-18-15-19(9-10-4-3-7-22-10)14(21)11-5-1-2-6-12(11)20(13)15/h1-2,5-6,10H,3-4,7-9H2/t10-/m1/s1. The molecule has 1 saturated heterocycles. The minimum atomic E-state index is -0.0628. The molecule has 0 aliphatic carbocycles. The number of alkyl halides is 1. The Morgan fingerprint density at radius 1 is 1.32 bits per heavy atom. The molecule has 1 atom stereocenters. The lowest BCUT2D eigenvalue weighted by Crippen LogP contribution is -2.28. The molecule has 6 nitrogen and oxygen atoms in total. The maximum atomic E-state index is 12.8. The SMILES string of the molecule is O=c1c2ccccc2n2c(CCl)nnc2n1C[C@H]1CCCO1. The molecule has 4 rings (SSSR count). The maximum Gasteiger partial charge on any atom is 0.262 e. The molecule has 0 bridgehead atoms. The van der Waals surface area contributed by atoms with Crippen molar-refractivity contribution in [2.24, 2.45) is 0 Å². The van der Waals surface area contributed by atoms with Gasteiger partial charge in [0.25, 0.3) is 5.56 Å². The number of ether oxygens (including phenoxy) is 1. The van der Waals surface area contributed by atoms with E-state index < -0.39 is 0 Å². The van der Waals surface area contributed by atoms with Crippen molar-refractivity contribution in [3.8, 4) is 0 Å². The van der Waals surface area contributed by atoms with Gasteiger partial charge in [-0.15, -0.1) is 21.8 Å². The van der Waals surface area contributed by atoms with Crippen LogP contribution < -0.4 is 5.56 Å². The Labute approximate surface area is 131 Å². The van der Waals surface area contributed by atoms with Crippen LogP contribution in [0.25, 0.3) is 16.7 Å². The first kappa shape index (κ1) is 13.7. The normalized spacial score (nSPS) is 18.5. The number of hydrogen-bond acceptors (Lipinski definition) is 4. The minimum Gasteiger partial charge on any atom is -0.376 e. The highest BCUT2D eigenvalue weighted by atomic mass is 35.5. The molecular formula is C15H15ClN4O2. The number of aromatic nitrogens is 4. The van der Waals surface area contributed by atoms with Gasteiger partial charge in [0.15, 0.2) is 5.82 Å². The van der Waals surface area contributed by atoms with Gasteiger partial charge in [-0.05, 0) is 25.0 Å². The average Bonchev–Trinajstić information content (AvgIpc) is 3.20. The lowest BCUT2D eigenvalue weighted by Gasteiger charge is -2.14. The molecule has 0 amide bonds. The van der Waals surface area contributed by atoms with Gasteiger partial charge in [-0.3, -0.25) is 13.8 Å². The number of para-hydroxylation sites is 1. The zero-order valence-corrected chi connectivity index (χ0v) is 12.7. The number of fused-ring (bicyclic) bond motifs is 3. The molecule has 0 radical (unpaired) electrons. The molecule has 22 heavy (non-hydrogen) atoms. The van der Waals surface area contributed by atoms with E-state index in [1.54, 1.807) is 4.57 Å². The largest absolute Gasteiger partial charge is 0.376 e. The Balaban J connectivity index is 2.02. The first-order valence-electron chi connectivity index (χ1n) is 7.32. The third-order valence-corrected chi connectivity index (χ3v) is 4.34. The minimum absolute atomic E-state index is 0.0545. The van der Waals surface area contributed by atoms with Gasteiger partial charge in [-0.2, -0.15) is 0 Å². The van der Waals surface area contributed by atoms with Crippen molar-refractivity contribution in [3.05, 3.63) is 40.4 Å². The molecule has 114 valence electrons. The molecule has 0 spiro atoms. The Bertz CT molecular complexity index is 896. The topological polar surface area (TPSA) is 61.4 Å². The Morgan fingerprint density at radius 3 is 2.95 bits per heavy atom. The number of hydrogen-bond donors (Lipinski definition) is 0. The van der Waals surface area contributed by atoms with E-state index in [4.69, 9.17) is 16.3 Å². The van der Waals surface area contributed by atoms with Crippen LogP contribution >= 0.6 is 11.6 Å². The lowest BCUT2D eigenvalue weighted by atomic mass is 10.2. The molecule has 1 aromatic carbocycles. The molecule has 7 heteroatoms. The van der Waals surface area contributed by atoms with E-state index in [0.29, 0.717) is 23.5 Å². The van der Waals surface area contributed by atoms with Crippen molar-refractivity contribution in [1.29, 1.82) is 0 Å². The van der Waals surface area contributed by atoms with Crippen LogP contribution in [0.1, 0.15) is 18.7 Å². The molecule has 2 aromatic heterocycles. The summed E-state index contributed by atoms with van der Waals surface area (Å²) < 4.78 is 9.18. The van der Waals surface area contributed by atoms with E-state index in [9.17, 15) is 4.79 Å². The molecule has 1 fully saturated rings. The molecule has 1 aliphatic heterocycles. The molecule has 1 aliphatic rings. The summed E-state index contributed by atoms with van der Waals surface area (Å²) in [5.74, 6) is 1.40. The van der Waals surface area contributed by atoms with Crippen LogP contribution in [-0.2, 0) is 17.2 Å². The van der Waals surface area contributed by atoms with E-state index in [1.807, 2.05) is 28.7 Å². The van der Waals surface area contributed by atoms with E-state index in [-0.39, 0.29) is 17.5 Å². The summed E-state index contributed by atoms with van der Waals surface area (Å²) in [6, 6.07) is 7.46. The molecule has 3 heterocycles. The van der Waals surface area contributed by atoms with Crippen molar-refractivity contribution in [2.45, 2.75) is 31.4 Å². The van der Waals surface area contributed by atoms with Gasteiger partial charge in [-0.25, -0.2) is 0 Å². The fraction of sp³-hybridized carbons (Fsp3) is 0.400. The van der Waals surface area contributed by atoms with E-state index in [0.717, 1.165) is 25.0 Å². The van der Waals surface area contributed by atoms with Crippen LogP contribution in [0.2, 0.25) is 0 Å². The van der Waals surface area contributed by atoms with Crippen LogP contribution in [0.15, 0.2) is 29.1 Å². The van der Waals surface area contributed by atoms with Gasteiger partial charge in [0.05, 0.1) is 29.4 Å². The molecule has 0 unspecified atom stereocenters. The van der Waals surface area contributed by atoms with Crippen LogP contribution in [0, 0.1) is 0 Å². The number of halogens is 1. The first-order valence-corrected chi connectivity index (χ1v) is 7.86. The number of nitrogens with zero attached hydrogens (tertiary/aromatic N) is 4. The van der Waals surface area contributed by atoms with Crippen molar-refractivity contribution in [1.82, 2.24) is 19.2 Å². The fourth-order valence-corrected chi connectivity index (χ4v) is 3.23. The van der Waals surface area contributed by atoms with Crippen LogP contribution in [0.5, 0.6) is 0 Å². The highest BCUT2D eigenvalue weighted by molar-refractivity contribution is 6.16. The Kier molecular flexibility index (Phi) is 3.35. The highest BCUT2D eigenvalue weighted by Gasteiger charge is 2.21. The van der Waals surface area contributed by atoms with Gasteiger partial charge in [0.1, 0.15) is 0 Å². The number of benzene rings is 1. The predicted octanol–water partition coefficient (Wildman–Crippen LogP) is 1.96. The van der Waals surface area contributed by atoms with E-state index >= 15 is 0 Å². The second-order valence-corrected chi connectivity index (χ2v) is 5.72. The third kappa shape index (κ3) is 2.02. The monoisotopic (exact) mass is 318 g/mol. The summed E-state index contributed by atoms with van der Waals surface area (Å²) in [5, 5.41) is 8.94. The van der Waals surface area contributed by atoms with Crippen LogP contribution in [0.4, 0.5) is 0 Å². The molecule has 0 saturated carbocycles. The number of rotatable bonds is 3. The quantitative estimate of drug-likeness (QED) is 0.693. The maximum absolute atomic E-state index is 12.8. The second-order valence-electron chi connectivity index (χ2n) is 5.45. The second kappa shape index (κ2) is 5.37. The van der Waals surface area contributed by atoms with E-state index in [1.165, 1.54) is 0 Å². The van der Waals surface area contributed by atoms with Gasteiger partial charge < -0.3 is 4.74 Å². The molecule has 0 N–H and O–H groups in total. The first-order chi connectivity index (χ1) is 10.8. The summed E-state index contributed by atoms with van der Waals surface area (Å²) in [6.07, 6.45) is 2.05. The average molecular weight is 319 g/mol. The summed E-state index contributed by atoms with van der Waals surface area (Å²) in [4.78, 5) is 12.8. The smallest absolute Gasteiger partial charge is 0.262 e. The summed E-state index contributed by atoms with van der Waals surface area (Å²) >= 11 is 5.97. The van der Waals surface area contributed by atoms with Gasteiger partial charge in [-0.1, -0.05) is 12.1 Å². The summed E-state index contributed by atoms with van der Waals surface area (Å²) in [5.41, 5.74) is 0.721. The Hall–Kier alpha value is -1.92. The molecular weight excluding hydrogens is 304 g/mol. The van der Waals surface area contributed by atoms with Crippen molar-refractivity contribution < 1.29 is 4.74 Å². The highest BCUT2D eigenvalue weighted by Crippen LogP contribution is 2.18. The van der Waals surface area contributed by atoms with Crippen molar-refractivity contribution >= 4 is 28.3 Å². The molecule has 3 aromatic rings. The summed E-state index contributed by atoms with van der Waals surface area (Å²) in [7, 11) is 0. The van der Waals surface area contributed by atoms with Gasteiger partial charge in [0.2, 0.25) is 5.78 Å². The fourth-order valence-electron chi connectivity index (χ4n) is 3.06. The zero-order chi connectivity index (χ0) is 15.1. The predicted molar refractivity (Wildman–Crippen MR) is 83.3 cm³/mol. The van der Waals surface area contributed by atoms with E-state index in [2.05, 4.69) is 10.2 Å². The van der Waals surface area contributed by atoms with Crippen molar-refractivity contribution in [3.63, 3.8) is 0 Å². The van der Waals surface area contributed by atoms with Crippen LogP contribution in [0.3, 0.4) is 0 Å². The zero-order valence-electron chi connectivity index (χ0n) is 11.9. The summed E-state index contributed by atoms with van der Waals surface area (Å²) in [6.45, 7) is 1.25. The van der Waals surface area contributed by atoms with Crippen molar-refractivity contribution in [2.75, 3.05) is 6.61 Å². The van der Waals surface area contributed by atoms with Gasteiger partial charge in [0, 0.05) is 6.61 Å². The lowest BCUT2D eigenvalue weighted by molar-refractivity contribution is 0.0969. The van der Waals surface area contributed by atoms with Gasteiger partial charge >= 0.3 is 0 Å². The van der Waals surface area contributed by atoms with Crippen LogP contribution in [-0.4, -0.2) is 31.9 Å². The third-order valence-electron chi connectivity index (χ3n) is 4.10.